The van der Waals surface area contributed by atoms with Gasteiger partial charge in [-0.05, 0) is 24.6 Å². The molecule has 0 aromatic heterocycles. The number of hydrogen-bond donors (Lipinski definition) is 2. The van der Waals surface area contributed by atoms with E-state index in [0.717, 1.165) is 6.07 Å². The van der Waals surface area contributed by atoms with E-state index < -0.39 is 17.7 Å². The highest BCUT2D eigenvalue weighted by Crippen LogP contribution is 2.20. The van der Waals surface area contributed by atoms with Crippen LogP contribution in [0, 0.1) is 11.6 Å². The van der Waals surface area contributed by atoms with Crippen LogP contribution < -0.4 is 11.3 Å². The number of rotatable bonds is 3. The summed E-state index contributed by atoms with van der Waals surface area (Å²) in [5.41, 5.74) is 3.56. The predicted octanol–water partition coefficient (Wildman–Crippen LogP) is 2.05. The Kier molecular flexibility index (Phi) is 3.33. The highest BCUT2D eigenvalue weighted by molar-refractivity contribution is 5.27. The second kappa shape index (κ2) is 4.30. The Balaban J connectivity index is 3.10. The number of nitrogens with two attached hydrogens (primary N) is 1. The van der Waals surface area contributed by atoms with Crippen LogP contribution in [-0.4, -0.2) is 0 Å². The minimum Gasteiger partial charge on any atom is -0.271 e. The SMILES string of the molecule is C=C(C)C(NN)c1cc(F)cc(F)c1. The molecule has 0 saturated carbocycles. The van der Waals surface area contributed by atoms with E-state index in [1.54, 1.807) is 6.92 Å². The molecule has 76 valence electrons. The molecule has 0 radical (unpaired) electrons. The van der Waals surface area contributed by atoms with E-state index in [0.29, 0.717) is 11.1 Å². The summed E-state index contributed by atoms with van der Waals surface area (Å²) in [6.45, 7) is 5.40. The first-order valence-corrected chi connectivity index (χ1v) is 4.12. The maximum atomic E-state index is 12.8. The van der Waals surface area contributed by atoms with Gasteiger partial charge in [-0.3, -0.25) is 5.84 Å². The summed E-state index contributed by atoms with van der Waals surface area (Å²) in [5.74, 6) is 4.00. The molecule has 0 fully saturated rings. The average molecular weight is 198 g/mol. The lowest BCUT2D eigenvalue weighted by molar-refractivity contribution is 0.564. The Hall–Kier alpha value is -1.26. The lowest BCUT2D eigenvalue weighted by Crippen LogP contribution is -2.28. The summed E-state index contributed by atoms with van der Waals surface area (Å²) >= 11 is 0. The van der Waals surface area contributed by atoms with Crippen molar-refractivity contribution in [1.82, 2.24) is 5.43 Å². The molecule has 4 heteroatoms. The van der Waals surface area contributed by atoms with Crippen LogP contribution in [0.1, 0.15) is 18.5 Å². The van der Waals surface area contributed by atoms with Gasteiger partial charge in [-0.25, -0.2) is 14.2 Å². The largest absolute Gasteiger partial charge is 0.271 e. The number of hydrazine groups is 1. The summed E-state index contributed by atoms with van der Waals surface area (Å²) in [5, 5.41) is 0. The molecule has 0 saturated heterocycles. The van der Waals surface area contributed by atoms with E-state index >= 15 is 0 Å². The second-order valence-electron chi connectivity index (χ2n) is 3.15. The molecule has 0 amide bonds. The van der Waals surface area contributed by atoms with Crippen LogP contribution in [-0.2, 0) is 0 Å². The second-order valence-corrected chi connectivity index (χ2v) is 3.15. The first-order chi connectivity index (χ1) is 6.54. The maximum Gasteiger partial charge on any atom is 0.126 e. The van der Waals surface area contributed by atoms with Crippen LogP contribution in [0.2, 0.25) is 0 Å². The van der Waals surface area contributed by atoms with Gasteiger partial charge < -0.3 is 0 Å². The lowest BCUT2D eigenvalue weighted by atomic mass is 10.0. The van der Waals surface area contributed by atoms with E-state index in [1.165, 1.54) is 12.1 Å². The van der Waals surface area contributed by atoms with Crippen molar-refractivity contribution in [2.45, 2.75) is 13.0 Å². The minimum atomic E-state index is -0.624. The third-order valence-electron chi connectivity index (χ3n) is 1.88. The normalized spacial score (nSPS) is 12.6. The molecular weight excluding hydrogens is 186 g/mol. The summed E-state index contributed by atoms with van der Waals surface area (Å²) in [6, 6.07) is 2.83. The molecule has 14 heavy (non-hydrogen) atoms. The highest BCUT2D eigenvalue weighted by Gasteiger charge is 2.12. The van der Waals surface area contributed by atoms with E-state index in [1.807, 2.05) is 0 Å². The van der Waals surface area contributed by atoms with Crippen LogP contribution in [0.4, 0.5) is 8.78 Å². The Morgan fingerprint density at radius 1 is 1.36 bits per heavy atom. The molecule has 2 nitrogen and oxygen atoms in total. The standard InChI is InChI=1S/C10H12F2N2/c1-6(2)10(14-13)7-3-8(11)5-9(12)4-7/h3-5,10,14H,1,13H2,2H3. The Bertz CT molecular complexity index is 330. The zero-order valence-electron chi connectivity index (χ0n) is 7.85. The van der Waals surface area contributed by atoms with Gasteiger partial charge in [0.1, 0.15) is 11.6 Å². The van der Waals surface area contributed by atoms with E-state index in [9.17, 15) is 8.78 Å². The van der Waals surface area contributed by atoms with Crippen LogP contribution in [0.5, 0.6) is 0 Å². The molecular formula is C10H12F2N2. The Morgan fingerprint density at radius 2 is 1.86 bits per heavy atom. The monoisotopic (exact) mass is 198 g/mol. The quantitative estimate of drug-likeness (QED) is 0.443. The number of benzene rings is 1. The Morgan fingerprint density at radius 3 is 2.21 bits per heavy atom. The summed E-state index contributed by atoms with van der Waals surface area (Å²) in [6.07, 6.45) is 0. The van der Waals surface area contributed by atoms with Gasteiger partial charge in [0.05, 0.1) is 6.04 Å². The van der Waals surface area contributed by atoms with Crippen molar-refractivity contribution in [3.8, 4) is 0 Å². The molecule has 0 bridgehead atoms. The zero-order chi connectivity index (χ0) is 10.7. The van der Waals surface area contributed by atoms with Crippen LogP contribution in [0.25, 0.3) is 0 Å². The van der Waals surface area contributed by atoms with Gasteiger partial charge >= 0.3 is 0 Å². The van der Waals surface area contributed by atoms with Gasteiger partial charge in [-0.1, -0.05) is 12.2 Å². The van der Waals surface area contributed by atoms with Crippen molar-refractivity contribution in [2.75, 3.05) is 0 Å². The van der Waals surface area contributed by atoms with Gasteiger partial charge in [0.25, 0.3) is 0 Å². The van der Waals surface area contributed by atoms with E-state index in [2.05, 4.69) is 12.0 Å². The number of halogens is 2. The summed E-state index contributed by atoms with van der Waals surface area (Å²) in [4.78, 5) is 0. The summed E-state index contributed by atoms with van der Waals surface area (Å²) in [7, 11) is 0. The fraction of sp³-hybridized carbons (Fsp3) is 0.200. The van der Waals surface area contributed by atoms with Crippen molar-refractivity contribution in [3.63, 3.8) is 0 Å². The van der Waals surface area contributed by atoms with Gasteiger partial charge in [-0.2, -0.15) is 0 Å². The molecule has 1 aromatic rings. The highest BCUT2D eigenvalue weighted by atomic mass is 19.1. The molecule has 1 atom stereocenters. The van der Waals surface area contributed by atoms with Crippen molar-refractivity contribution in [1.29, 1.82) is 0 Å². The van der Waals surface area contributed by atoms with E-state index in [-0.39, 0.29) is 0 Å². The van der Waals surface area contributed by atoms with Gasteiger partial charge in [0, 0.05) is 6.07 Å². The van der Waals surface area contributed by atoms with Crippen molar-refractivity contribution in [2.24, 2.45) is 5.84 Å². The van der Waals surface area contributed by atoms with Gasteiger partial charge in [0.2, 0.25) is 0 Å². The number of nitrogens with one attached hydrogen (secondary N) is 1. The fourth-order valence-electron chi connectivity index (χ4n) is 1.26. The zero-order valence-corrected chi connectivity index (χ0v) is 7.85. The van der Waals surface area contributed by atoms with Gasteiger partial charge in [-0.15, -0.1) is 0 Å². The third kappa shape index (κ3) is 2.37. The molecule has 1 unspecified atom stereocenters. The van der Waals surface area contributed by atoms with Crippen molar-refractivity contribution in [3.05, 3.63) is 47.5 Å². The average Bonchev–Trinajstić information content (AvgIpc) is 2.02. The molecule has 0 aliphatic rings. The van der Waals surface area contributed by atoms with E-state index in [4.69, 9.17) is 5.84 Å². The predicted molar refractivity (Wildman–Crippen MR) is 51.2 cm³/mol. The molecule has 0 heterocycles. The van der Waals surface area contributed by atoms with Gasteiger partial charge in [0.15, 0.2) is 0 Å². The van der Waals surface area contributed by atoms with Crippen LogP contribution in [0.3, 0.4) is 0 Å². The first-order valence-electron chi connectivity index (χ1n) is 4.12. The summed E-state index contributed by atoms with van der Waals surface area (Å²) < 4.78 is 25.7. The smallest absolute Gasteiger partial charge is 0.126 e. The fourth-order valence-corrected chi connectivity index (χ4v) is 1.26. The third-order valence-corrected chi connectivity index (χ3v) is 1.88. The van der Waals surface area contributed by atoms with Crippen molar-refractivity contribution >= 4 is 0 Å². The molecule has 3 N–H and O–H groups in total. The first kappa shape index (κ1) is 10.8. The van der Waals surface area contributed by atoms with Crippen molar-refractivity contribution < 1.29 is 8.78 Å². The molecule has 1 aromatic carbocycles. The topological polar surface area (TPSA) is 38.0 Å². The molecule has 0 aliphatic carbocycles. The van der Waals surface area contributed by atoms with Crippen LogP contribution >= 0.6 is 0 Å². The molecule has 0 aliphatic heterocycles. The minimum absolute atomic E-state index is 0.428. The lowest BCUT2D eigenvalue weighted by Gasteiger charge is -2.16. The molecule has 0 spiro atoms. The Labute approximate surface area is 81.4 Å². The van der Waals surface area contributed by atoms with Crippen LogP contribution in [0.15, 0.2) is 30.4 Å². The maximum absolute atomic E-state index is 12.8. The molecule has 1 rings (SSSR count). The number of hydrogen-bond acceptors (Lipinski definition) is 2.